The molecule has 0 amide bonds. The summed E-state index contributed by atoms with van der Waals surface area (Å²) in [6.45, 7) is 0.181. The van der Waals surface area contributed by atoms with E-state index in [0.29, 0.717) is 0 Å². The van der Waals surface area contributed by atoms with Gasteiger partial charge in [-0.25, -0.2) is 0 Å². The molecular formula is C10H12O6. The summed E-state index contributed by atoms with van der Waals surface area (Å²) < 4.78 is 20.7. The van der Waals surface area contributed by atoms with Crippen molar-refractivity contribution >= 4 is 11.6 Å². The molecule has 3 aliphatic rings. The van der Waals surface area contributed by atoms with Crippen molar-refractivity contribution in [2.75, 3.05) is 26.8 Å². The molecule has 1 aliphatic carbocycles. The van der Waals surface area contributed by atoms with Gasteiger partial charge in [0.1, 0.15) is 26.8 Å². The zero-order chi connectivity index (χ0) is 11.1. The van der Waals surface area contributed by atoms with Gasteiger partial charge in [-0.05, 0) is 0 Å². The normalized spacial score (nSPS) is 43.8. The van der Waals surface area contributed by atoms with Gasteiger partial charge in [-0.3, -0.25) is 9.59 Å². The Kier molecular flexibility index (Phi) is 2.51. The smallest absolute Gasteiger partial charge is 0.165 e. The number of hydrogen-bond acceptors (Lipinski definition) is 6. The van der Waals surface area contributed by atoms with Gasteiger partial charge in [0.25, 0.3) is 0 Å². The van der Waals surface area contributed by atoms with E-state index in [9.17, 15) is 9.59 Å². The van der Waals surface area contributed by atoms with E-state index in [2.05, 4.69) is 0 Å². The lowest BCUT2D eigenvalue weighted by Crippen LogP contribution is -2.62. The number of carbonyl (C=O) groups excluding carboxylic acids is 2. The molecule has 3 fully saturated rings. The molecule has 0 radical (unpaired) electrons. The van der Waals surface area contributed by atoms with Crippen molar-refractivity contribution in [2.24, 2.45) is 11.8 Å². The highest BCUT2D eigenvalue weighted by Gasteiger charge is 2.59. The largest absolute Gasteiger partial charge is 0.349 e. The van der Waals surface area contributed by atoms with Gasteiger partial charge < -0.3 is 18.9 Å². The van der Waals surface area contributed by atoms with E-state index in [1.54, 1.807) is 0 Å². The third-order valence-electron chi connectivity index (χ3n) is 3.34. The van der Waals surface area contributed by atoms with Crippen LogP contribution in [0.2, 0.25) is 0 Å². The van der Waals surface area contributed by atoms with Crippen LogP contribution in [0.4, 0.5) is 0 Å². The standard InChI is InChI=1S/C10H12O6/c11-5-1-13-3-15-9-7(5)8-6(12)2-14-4-16-10(8)9/h7-10H,1-4H2/t7-,8+,9-,10-/m0/s1. The lowest BCUT2D eigenvalue weighted by Gasteiger charge is -2.46. The van der Waals surface area contributed by atoms with E-state index in [1.807, 2.05) is 0 Å². The first-order valence-electron chi connectivity index (χ1n) is 5.23. The van der Waals surface area contributed by atoms with Crippen molar-refractivity contribution in [1.82, 2.24) is 0 Å². The molecule has 2 heterocycles. The van der Waals surface area contributed by atoms with Crippen LogP contribution in [0.5, 0.6) is 0 Å². The molecule has 3 rings (SSSR count). The Morgan fingerprint density at radius 2 is 1.25 bits per heavy atom. The minimum absolute atomic E-state index is 0.0124. The summed E-state index contributed by atoms with van der Waals surface area (Å²) in [7, 11) is 0. The van der Waals surface area contributed by atoms with Crippen molar-refractivity contribution in [3.05, 3.63) is 0 Å². The quantitative estimate of drug-likeness (QED) is 0.536. The molecule has 16 heavy (non-hydrogen) atoms. The number of carbonyl (C=O) groups is 2. The van der Waals surface area contributed by atoms with Gasteiger partial charge >= 0.3 is 0 Å². The predicted molar refractivity (Wildman–Crippen MR) is 48.4 cm³/mol. The van der Waals surface area contributed by atoms with E-state index in [-0.39, 0.29) is 50.6 Å². The monoisotopic (exact) mass is 228 g/mol. The van der Waals surface area contributed by atoms with Crippen LogP contribution in [-0.4, -0.2) is 50.6 Å². The first-order valence-corrected chi connectivity index (χ1v) is 5.23. The molecule has 6 heteroatoms. The van der Waals surface area contributed by atoms with Crippen LogP contribution in [-0.2, 0) is 28.5 Å². The molecule has 0 N–H and O–H groups in total. The summed E-state index contributed by atoms with van der Waals surface area (Å²) in [5.74, 6) is -0.992. The Bertz CT molecular complexity index is 295. The SMILES string of the molecule is O=C1COCO[C@@H]2[C@H]3OCOCC(=O)[C@@H]3[C@H]12. The zero-order valence-electron chi connectivity index (χ0n) is 8.59. The fraction of sp³-hybridized carbons (Fsp3) is 0.800. The van der Waals surface area contributed by atoms with Gasteiger partial charge in [-0.15, -0.1) is 0 Å². The van der Waals surface area contributed by atoms with Crippen molar-refractivity contribution in [3.63, 3.8) is 0 Å². The number of fused-ring (bicyclic) bond motifs is 4. The molecule has 0 aromatic heterocycles. The summed E-state index contributed by atoms with van der Waals surface area (Å²) in [5, 5.41) is 0. The van der Waals surface area contributed by atoms with E-state index in [4.69, 9.17) is 18.9 Å². The number of hydrogen-bond donors (Lipinski definition) is 0. The number of rotatable bonds is 0. The summed E-state index contributed by atoms with van der Waals surface area (Å²) in [6, 6.07) is 0. The predicted octanol–water partition coefficient (Wildman–Crippen LogP) is -0.884. The van der Waals surface area contributed by atoms with Gasteiger partial charge in [0.05, 0.1) is 24.0 Å². The minimum atomic E-state index is -0.415. The third kappa shape index (κ3) is 1.41. The van der Waals surface area contributed by atoms with Gasteiger partial charge in [0.15, 0.2) is 11.6 Å². The van der Waals surface area contributed by atoms with E-state index < -0.39 is 11.8 Å². The van der Waals surface area contributed by atoms with Crippen LogP contribution in [0.1, 0.15) is 0 Å². The van der Waals surface area contributed by atoms with Gasteiger partial charge in [-0.1, -0.05) is 0 Å². The molecule has 2 saturated heterocycles. The highest BCUT2D eigenvalue weighted by atomic mass is 16.7. The van der Waals surface area contributed by atoms with Crippen molar-refractivity contribution in [3.8, 4) is 0 Å². The second-order valence-electron chi connectivity index (χ2n) is 4.18. The number of Topliss-reactive ketones (excluding diaryl/α,β-unsaturated/α-hetero) is 2. The lowest BCUT2D eigenvalue weighted by atomic mass is 9.64. The highest BCUT2D eigenvalue weighted by Crippen LogP contribution is 2.43. The summed E-state index contributed by atoms with van der Waals surface area (Å²) in [4.78, 5) is 23.5. The first-order chi connectivity index (χ1) is 7.79. The fourth-order valence-corrected chi connectivity index (χ4v) is 2.57. The third-order valence-corrected chi connectivity index (χ3v) is 3.34. The molecule has 0 unspecified atom stereocenters. The molecule has 0 aromatic carbocycles. The molecule has 2 aliphatic heterocycles. The number of ether oxygens (including phenoxy) is 4. The Hall–Kier alpha value is -0.820. The Morgan fingerprint density at radius 3 is 1.69 bits per heavy atom. The fourth-order valence-electron chi connectivity index (χ4n) is 2.57. The van der Waals surface area contributed by atoms with Crippen LogP contribution in [0.15, 0.2) is 0 Å². The first kappa shape index (κ1) is 10.3. The number of ketones is 2. The summed E-state index contributed by atoms with van der Waals surface area (Å²) in [5.41, 5.74) is 0. The topological polar surface area (TPSA) is 71.1 Å². The van der Waals surface area contributed by atoms with Gasteiger partial charge in [0.2, 0.25) is 0 Å². The molecule has 0 bridgehead atoms. The molecule has 0 spiro atoms. The van der Waals surface area contributed by atoms with Crippen LogP contribution in [0, 0.1) is 11.8 Å². The van der Waals surface area contributed by atoms with Crippen molar-refractivity contribution < 1.29 is 28.5 Å². The van der Waals surface area contributed by atoms with E-state index in [0.717, 1.165) is 0 Å². The molecule has 1 saturated carbocycles. The highest BCUT2D eigenvalue weighted by molar-refractivity contribution is 5.94. The molecular weight excluding hydrogens is 216 g/mol. The maximum Gasteiger partial charge on any atom is 0.165 e. The van der Waals surface area contributed by atoms with E-state index >= 15 is 0 Å². The van der Waals surface area contributed by atoms with Crippen molar-refractivity contribution in [1.29, 1.82) is 0 Å². The van der Waals surface area contributed by atoms with Crippen LogP contribution < -0.4 is 0 Å². The second kappa shape index (κ2) is 3.89. The summed E-state index contributed by atoms with van der Waals surface area (Å²) in [6.07, 6.45) is -0.712. The maximum atomic E-state index is 11.7. The van der Waals surface area contributed by atoms with Crippen molar-refractivity contribution in [2.45, 2.75) is 12.2 Å². The molecule has 0 aromatic rings. The maximum absolute atomic E-state index is 11.7. The Balaban J connectivity index is 1.86. The van der Waals surface area contributed by atoms with Gasteiger partial charge in [0, 0.05) is 0 Å². The molecule has 6 nitrogen and oxygen atoms in total. The average Bonchev–Trinajstić information content (AvgIpc) is 2.47. The summed E-state index contributed by atoms with van der Waals surface area (Å²) >= 11 is 0. The van der Waals surface area contributed by atoms with Crippen LogP contribution >= 0.6 is 0 Å². The minimum Gasteiger partial charge on any atom is -0.349 e. The average molecular weight is 228 g/mol. The molecule has 4 atom stereocenters. The van der Waals surface area contributed by atoms with Crippen LogP contribution in [0.3, 0.4) is 0 Å². The Labute approximate surface area is 91.8 Å². The zero-order valence-corrected chi connectivity index (χ0v) is 8.59. The second-order valence-corrected chi connectivity index (χ2v) is 4.18. The van der Waals surface area contributed by atoms with Gasteiger partial charge in [-0.2, -0.15) is 0 Å². The Morgan fingerprint density at radius 1 is 0.812 bits per heavy atom. The van der Waals surface area contributed by atoms with E-state index in [1.165, 1.54) is 0 Å². The van der Waals surface area contributed by atoms with Crippen LogP contribution in [0.25, 0.3) is 0 Å². The molecule has 88 valence electrons. The lowest BCUT2D eigenvalue weighted by molar-refractivity contribution is -0.219.